The Kier molecular flexibility index (Phi) is 5.73. The highest BCUT2D eigenvalue weighted by Crippen LogP contribution is 2.38. The van der Waals surface area contributed by atoms with Gasteiger partial charge < -0.3 is 15.1 Å². The number of piperidine rings is 1. The highest BCUT2D eigenvalue weighted by atomic mass is 32.2. The van der Waals surface area contributed by atoms with E-state index in [0.29, 0.717) is 22.9 Å². The Morgan fingerprint density at radius 1 is 1.12 bits per heavy atom. The molecule has 1 aliphatic carbocycles. The first-order valence-corrected chi connectivity index (χ1v) is 12.7. The van der Waals surface area contributed by atoms with E-state index in [0.717, 1.165) is 36.8 Å². The Labute approximate surface area is 187 Å². The number of sulfone groups is 1. The summed E-state index contributed by atoms with van der Waals surface area (Å²) >= 11 is 0. The van der Waals surface area contributed by atoms with E-state index in [1.807, 2.05) is 0 Å². The molecule has 1 saturated carbocycles. The molecule has 32 heavy (non-hydrogen) atoms. The van der Waals surface area contributed by atoms with E-state index in [2.05, 4.69) is 15.6 Å². The molecule has 0 radical (unpaired) electrons. The zero-order valence-corrected chi connectivity index (χ0v) is 18.6. The summed E-state index contributed by atoms with van der Waals surface area (Å²) in [4.78, 5) is 16.8. The van der Waals surface area contributed by atoms with Crippen molar-refractivity contribution in [3.8, 4) is 0 Å². The quantitative estimate of drug-likeness (QED) is 0.615. The van der Waals surface area contributed by atoms with Gasteiger partial charge in [-0.05, 0) is 61.1 Å². The van der Waals surface area contributed by atoms with Crippen LogP contribution in [0, 0.1) is 11.8 Å². The summed E-state index contributed by atoms with van der Waals surface area (Å²) in [6.45, 7) is 1.73. The molecule has 0 bridgehead atoms. The standard InChI is InChI=1S/C24H27N3O4S/c28-24(21-11-17-9-10-25-14-22(17)31-21)27-12-16-5-7-19(8-6-16)32(29,30)23-15-26-13-18-3-1-2-4-20(18)23/h5-11,14,18,20,23,26H,1-4,12-13,15H2,(H,27,28). The van der Waals surface area contributed by atoms with Gasteiger partial charge in [0, 0.05) is 24.7 Å². The van der Waals surface area contributed by atoms with Gasteiger partial charge in [0.1, 0.15) is 0 Å². The van der Waals surface area contributed by atoms with Crippen LogP contribution in [0.4, 0.5) is 0 Å². The molecule has 1 amide bonds. The number of amides is 1. The summed E-state index contributed by atoms with van der Waals surface area (Å²) in [5.74, 6) is 0.599. The molecular weight excluding hydrogens is 426 g/mol. The van der Waals surface area contributed by atoms with Gasteiger partial charge in [-0.3, -0.25) is 9.78 Å². The smallest absolute Gasteiger partial charge is 0.287 e. The maximum Gasteiger partial charge on any atom is 0.287 e. The molecule has 2 N–H and O–H groups in total. The summed E-state index contributed by atoms with van der Waals surface area (Å²) < 4.78 is 32.3. The maximum absolute atomic E-state index is 13.4. The molecule has 3 atom stereocenters. The van der Waals surface area contributed by atoms with E-state index < -0.39 is 9.84 Å². The lowest BCUT2D eigenvalue weighted by molar-refractivity contribution is 0.0925. The molecule has 5 rings (SSSR count). The third-order valence-corrected chi connectivity index (χ3v) is 9.09. The number of aromatic nitrogens is 1. The van der Waals surface area contributed by atoms with Crippen molar-refractivity contribution >= 4 is 26.7 Å². The van der Waals surface area contributed by atoms with Gasteiger partial charge in [-0.1, -0.05) is 25.0 Å². The van der Waals surface area contributed by atoms with Crippen molar-refractivity contribution < 1.29 is 17.6 Å². The van der Waals surface area contributed by atoms with Crippen LogP contribution in [0.25, 0.3) is 11.0 Å². The molecular formula is C24H27N3O4S. The molecule has 0 spiro atoms. The summed E-state index contributed by atoms with van der Waals surface area (Å²) in [6, 6.07) is 10.3. The zero-order chi connectivity index (χ0) is 22.1. The molecule has 8 heteroatoms. The lowest BCUT2D eigenvalue weighted by Crippen LogP contribution is -2.51. The highest BCUT2D eigenvalue weighted by Gasteiger charge is 2.42. The molecule has 3 aromatic rings. The second-order valence-corrected chi connectivity index (χ2v) is 11.0. The van der Waals surface area contributed by atoms with Crippen molar-refractivity contribution in [1.82, 2.24) is 15.6 Å². The Hall–Kier alpha value is -2.71. The van der Waals surface area contributed by atoms with E-state index in [9.17, 15) is 13.2 Å². The number of nitrogens with one attached hydrogen (secondary N) is 2. The van der Waals surface area contributed by atoms with E-state index in [4.69, 9.17) is 4.42 Å². The van der Waals surface area contributed by atoms with Crippen molar-refractivity contribution in [2.24, 2.45) is 11.8 Å². The zero-order valence-electron chi connectivity index (χ0n) is 17.8. The van der Waals surface area contributed by atoms with Crippen molar-refractivity contribution in [3.63, 3.8) is 0 Å². The molecule has 2 aromatic heterocycles. The molecule has 3 unspecified atom stereocenters. The number of carbonyl (C=O) groups is 1. The minimum Gasteiger partial charge on any atom is -0.449 e. The Morgan fingerprint density at radius 3 is 2.75 bits per heavy atom. The molecule has 168 valence electrons. The molecule has 3 heterocycles. The van der Waals surface area contributed by atoms with Crippen LogP contribution in [0.5, 0.6) is 0 Å². The number of hydrogen-bond donors (Lipinski definition) is 2. The number of pyridine rings is 1. The van der Waals surface area contributed by atoms with Crippen LogP contribution < -0.4 is 10.6 Å². The fourth-order valence-corrected chi connectivity index (χ4v) is 7.14. The van der Waals surface area contributed by atoms with Gasteiger partial charge >= 0.3 is 0 Å². The Balaban J connectivity index is 1.25. The minimum absolute atomic E-state index is 0.221. The number of hydrogen-bond acceptors (Lipinski definition) is 6. The van der Waals surface area contributed by atoms with Crippen molar-refractivity contribution in [1.29, 1.82) is 0 Å². The molecule has 7 nitrogen and oxygen atoms in total. The van der Waals surface area contributed by atoms with Crippen LogP contribution in [0.3, 0.4) is 0 Å². The molecule has 1 saturated heterocycles. The number of rotatable bonds is 5. The molecule has 1 aliphatic heterocycles. The minimum atomic E-state index is -3.41. The van der Waals surface area contributed by atoms with E-state index in [1.165, 1.54) is 6.42 Å². The number of furan rings is 1. The SMILES string of the molecule is O=C(NCc1ccc(S(=O)(=O)C2CNCC3CCCCC32)cc1)c1cc2ccncc2o1. The van der Waals surface area contributed by atoms with Gasteiger partial charge in [0.05, 0.1) is 16.3 Å². The Bertz CT molecular complexity index is 1180. The summed E-state index contributed by atoms with van der Waals surface area (Å²) in [5, 5.41) is 6.61. The van der Waals surface area contributed by atoms with Gasteiger partial charge in [0.25, 0.3) is 5.91 Å². The van der Waals surface area contributed by atoms with Crippen molar-refractivity contribution in [2.75, 3.05) is 13.1 Å². The first-order chi connectivity index (χ1) is 15.5. The molecule has 2 fully saturated rings. The number of nitrogens with zero attached hydrogens (tertiary/aromatic N) is 1. The van der Waals surface area contributed by atoms with Crippen LogP contribution in [0.15, 0.2) is 58.1 Å². The summed E-state index contributed by atoms with van der Waals surface area (Å²) in [5.41, 5.74) is 1.39. The number of benzene rings is 1. The third-order valence-electron chi connectivity index (χ3n) is 6.85. The normalized spacial score (nSPS) is 23.6. The highest BCUT2D eigenvalue weighted by molar-refractivity contribution is 7.92. The monoisotopic (exact) mass is 453 g/mol. The van der Waals surface area contributed by atoms with Gasteiger partial charge in [-0.25, -0.2) is 8.42 Å². The van der Waals surface area contributed by atoms with Crippen LogP contribution in [-0.2, 0) is 16.4 Å². The van der Waals surface area contributed by atoms with Crippen LogP contribution in [0.1, 0.15) is 41.8 Å². The second-order valence-electron chi connectivity index (χ2n) is 8.80. The third kappa shape index (κ3) is 4.04. The average molecular weight is 454 g/mol. The van der Waals surface area contributed by atoms with E-state index >= 15 is 0 Å². The number of fused-ring (bicyclic) bond motifs is 2. The first-order valence-electron chi connectivity index (χ1n) is 11.2. The predicted molar refractivity (Wildman–Crippen MR) is 121 cm³/mol. The van der Waals surface area contributed by atoms with Crippen LogP contribution in [0.2, 0.25) is 0 Å². The lowest BCUT2D eigenvalue weighted by atomic mass is 9.75. The van der Waals surface area contributed by atoms with Gasteiger partial charge in [-0.15, -0.1) is 0 Å². The first kappa shape index (κ1) is 21.2. The largest absolute Gasteiger partial charge is 0.449 e. The van der Waals surface area contributed by atoms with Crippen molar-refractivity contribution in [2.45, 2.75) is 42.4 Å². The Morgan fingerprint density at radius 2 is 1.94 bits per heavy atom. The van der Waals surface area contributed by atoms with E-state index in [1.54, 1.807) is 48.8 Å². The number of carbonyl (C=O) groups excluding carboxylic acids is 1. The van der Waals surface area contributed by atoms with Gasteiger partial charge in [0.15, 0.2) is 21.2 Å². The fourth-order valence-electron chi connectivity index (χ4n) is 5.12. The molecule has 1 aromatic carbocycles. The summed E-state index contributed by atoms with van der Waals surface area (Å²) in [7, 11) is -3.41. The van der Waals surface area contributed by atoms with Crippen LogP contribution in [-0.4, -0.2) is 37.6 Å². The topological polar surface area (TPSA) is 101 Å². The predicted octanol–water partition coefficient (Wildman–Crippen LogP) is 3.31. The fraction of sp³-hybridized carbons (Fsp3) is 0.417. The lowest BCUT2D eigenvalue weighted by Gasteiger charge is -2.41. The second kappa shape index (κ2) is 8.67. The van der Waals surface area contributed by atoms with Gasteiger partial charge in [0.2, 0.25) is 0 Å². The van der Waals surface area contributed by atoms with Gasteiger partial charge in [-0.2, -0.15) is 0 Å². The van der Waals surface area contributed by atoms with Crippen molar-refractivity contribution in [3.05, 3.63) is 60.1 Å². The maximum atomic E-state index is 13.4. The summed E-state index contributed by atoms with van der Waals surface area (Å²) in [6.07, 6.45) is 7.65. The van der Waals surface area contributed by atoms with Crippen LogP contribution >= 0.6 is 0 Å². The molecule has 2 aliphatic rings. The average Bonchev–Trinajstić information content (AvgIpc) is 3.27. The van der Waals surface area contributed by atoms with E-state index in [-0.39, 0.29) is 29.4 Å².